The Morgan fingerprint density at radius 3 is 2.34 bits per heavy atom. The first kappa shape index (κ1) is 39.1. The van der Waals surface area contributed by atoms with Crippen molar-refractivity contribution in [3.8, 4) is 5.69 Å². The Bertz CT molecular complexity index is 2850. The SMILES string of the molecule is Cn1nc(NS(C)(=O)=O)c2c(Cl)ccc(-n3c([C@H](Cc4cc(F)cc(F)c4)NC(=O)Cn4ccc(C5CC5)n4)nc4cc(C(C)(C)S(C)(=O)=O)ccc4c3=O)c21. The number of sulfone groups is 1. The van der Waals surface area contributed by atoms with Crippen LogP contribution in [0.5, 0.6) is 0 Å². The van der Waals surface area contributed by atoms with E-state index in [1.54, 1.807) is 6.20 Å². The Morgan fingerprint density at radius 1 is 1.00 bits per heavy atom. The molecule has 7 rings (SSSR count). The van der Waals surface area contributed by atoms with E-state index in [4.69, 9.17) is 16.6 Å². The van der Waals surface area contributed by atoms with E-state index in [0.29, 0.717) is 17.5 Å². The summed E-state index contributed by atoms with van der Waals surface area (Å²) < 4.78 is 84.5. The van der Waals surface area contributed by atoms with Crippen LogP contribution in [0.25, 0.3) is 27.5 Å². The second-order valence-corrected chi connectivity index (χ2v) is 19.3. The molecule has 56 heavy (non-hydrogen) atoms. The number of nitrogens with one attached hydrogen (secondary N) is 2. The van der Waals surface area contributed by atoms with Gasteiger partial charge in [0.05, 0.1) is 55.3 Å². The largest absolute Gasteiger partial charge is 0.344 e. The Balaban J connectivity index is 1.49. The molecular formula is C37H37ClF2N8O6S2. The van der Waals surface area contributed by atoms with Crippen LogP contribution >= 0.6 is 11.6 Å². The summed E-state index contributed by atoms with van der Waals surface area (Å²) in [6.07, 6.45) is 5.46. The van der Waals surface area contributed by atoms with E-state index < -0.39 is 53.8 Å². The smallest absolute Gasteiger partial charge is 0.266 e. The molecule has 0 saturated heterocycles. The molecule has 6 aromatic rings. The number of hydrogen-bond donors (Lipinski definition) is 2. The molecule has 3 aromatic heterocycles. The standard InChI is InChI=1S/C37H37ClF2N8O6S2/c1-37(2,55(4,51)52)22-8-9-25-28(17-22)42-35(48(36(25)50)30-11-10-26(38)32-33(30)46(3)44-34(32)45-56(5,53)54)29(16-20-14-23(39)18-24(40)15-20)41-31(49)19-47-13-12-27(43-47)21-6-7-21/h8-15,17-18,21,29H,6-7,16,19H2,1-5H3,(H,41,49)(H,44,45)/t29-/m0/s1. The fourth-order valence-electron chi connectivity index (χ4n) is 6.66. The van der Waals surface area contributed by atoms with Crippen LogP contribution in [-0.4, -0.2) is 64.4 Å². The van der Waals surface area contributed by atoms with Crippen molar-refractivity contribution in [2.75, 3.05) is 17.2 Å². The maximum absolute atomic E-state index is 14.9. The monoisotopic (exact) mass is 826 g/mol. The summed E-state index contributed by atoms with van der Waals surface area (Å²) in [7, 11) is -5.99. The molecule has 1 atom stereocenters. The van der Waals surface area contributed by atoms with E-state index in [1.165, 1.54) is 65.2 Å². The third-order valence-corrected chi connectivity index (χ3v) is 12.9. The Hall–Kier alpha value is -5.20. The number of aryl methyl sites for hydroxylation is 1. The third-order valence-electron chi connectivity index (χ3n) is 9.93. The minimum atomic E-state index is -3.84. The molecule has 1 aliphatic rings. The molecule has 3 aromatic carbocycles. The van der Waals surface area contributed by atoms with Gasteiger partial charge >= 0.3 is 0 Å². The van der Waals surface area contributed by atoms with Crippen LogP contribution < -0.4 is 15.6 Å². The van der Waals surface area contributed by atoms with Crippen LogP contribution in [0.2, 0.25) is 5.02 Å². The van der Waals surface area contributed by atoms with Crippen molar-refractivity contribution >= 4 is 65.0 Å². The molecule has 0 radical (unpaired) electrons. The van der Waals surface area contributed by atoms with E-state index in [2.05, 4.69) is 20.2 Å². The van der Waals surface area contributed by atoms with E-state index in [-0.39, 0.29) is 62.7 Å². The number of nitrogens with zero attached hydrogens (tertiary/aromatic N) is 6. The van der Waals surface area contributed by atoms with Crippen molar-refractivity contribution in [3.05, 3.63) is 110 Å². The lowest BCUT2D eigenvalue weighted by molar-refractivity contribution is -0.122. The number of rotatable bonds is 12. The van der Waals surface area contributed by atoms with Gasteiger partial charge in [-0.2, -0.15) is 10.2 Å². The zero-order chi connectivity index (χ0) is 40.5. The number of anilines is 1. The lowest BCUT2D eigenvalue weighted by Crippen LogP contribution is -2.37. The summed E-state index contributed by atoms with van der Waals surface area (Å²) in [6.45, 7) is 2.80. The first-order valence-electron chi connectivity index (χ1n) is 17.4. The van der Waals surface area contributed by atoms with Gasteiger partial charge in [-0.1, -0.05) is 17.7 Å². The van der Waals surface area contributed by atoms with Crippen LogP contribution in [0.4, 0.5) is 14.6 Å². The van der Waals surface area contributed by atoms with E-state index in [1.807, 2.05) is 6.07 Å². The van der Waals surface area contributed by atoms with Gasteiger partial charge in [0, 0.05) is 37.9 Å². The zero-order valence-corrected chi connectivity index (χ0v) is 33.2. The molecular weight excluding hydrogens is 790 g/mol. The lowest BCUT2D eigenvalue weighted by Gasteiger charge is -2.25. The highest BCUT2D eigenvalue weighted by Crippen LogP contribution is 2.39. The number of aromatic nitrogens is 6. The number of amides is 1. The van der Waals surface area contributed by atoms with Gasteiger partial charge in [-0.15, -0.1) is 0 Å². The molecule has 1 amide bonds. The highest BCUT2D eigenvalue weighted by Gasteiger charge is 2.34. The Labute approximate surface area is 325 Å². The number of carbonyl (C=O) groups excluding carboxylic acids is 1. The molecule has 1 saturated carbocycles. The molecule has 0 aliphatic heterocycles. The molecule has 1 fully saturated rings. The highest BCUT2D eigenvalue weighted by molar-refractivity contribution is 7.92. The summed E-state index contributed by atoms with van der Waals surface area (Å²) >= 11 is 6.63. The lowest BCUT2D eigenvalue weighted by atomic mass is 10.00. The van der Waals surface area contributed by atoms with E-state index >= 15 is 0 Å². The van der Waals surface area contributed by atoms with Gasteiger partial charge in [-0.05, 0) is 80.3 Å². The molecule has 0 unspecified atom stereocenters. The average Bonchev–Trinajstić information content (AvgIpc) is 3.75. The topological polar surface area (TPSA) is 180 Å². The minimum Gasteiger partial charge on any atom is -0.344 e. The van der Waals surface area contributed by atoms with Crippen molar-refractivity contribution in [1.82, 2.24) is 34.4 Å². The number of sulfonamides is 1. The van der Waals surface area contributed by atoms with Crippen LogP contribution in [-0.2, 0) is 49.4 Å². The van der Waals surface area contributed by atoms with Crippen molar-refractivity contribution in [2.45, 2.75) is 56.4 Å². The molecule has 2 N–H and O–H groups in total. The molecule has 0 bridgehead atoms. The summed E-state index contributed by atoms with van der Waals surface area (Å²) in [5.41, 5.74) is 1.05. The van der Waals surface area contributed by atoms with Gasteiger partial charge in [0.2, 0.25) is 15.9 Å². The number of fused-ring (bicyclic) bond motifs is 2. The van der Waals surface area contributed by atoms with E-state index in [0.717, 1.165) is 43.2 Å². The fourth-order valence-corrected chi connectivity index (χ4v) is 7.96. The Kier molecular flexibility index (Phi) is 9.81. The minimum absolute atomic E-state index is 0.0626. The summed E-state index contributed by atoms with van der Waals surface area (Å²) in [6, 6.07) is 10.9. The van der Waals surface area contributed by atoms with Crippen LogP contribution in [0.1, 0.15) is 61.3 Å². The van der Waals surface area contributed by atoms with Crippen molar-refractivity contribution in [3.63, 3.8) is 0 Å². The summed E-state index contributed by atoms with van der Waals surface area (Å²) in [5.74, 6) is -2.18. The van der Waals surface area contributed by atoms with Crippen molar-refractivity contribution < 1.29 is 30.4 Å². The highest BCUT2D eigenvalue weighted by atomic mass is 35.5. The van der Waals surface area contributed by atoms with Gasteiger partial charge in [0.1, 0.15) is 24.0 Å². The number of hydrogen-bond acceptors (Lipinski definition) is 9. The second kappa shape index (κ2) is 14.1. The van der Waals surface area contributed by atoms with Gasteiger partial charge in [0.15, 0.2) is 15.7 Å². The molecule has 294 valence electrons. The maximum atomic E-state index is 14.9. The van der Waals surface area contributed by atoms with Gasteiger partial charge in [-0.3, -0.25) is 28.2 Å². The zero-order valence-electron chi connectivity index (χ0n) is 30.8. The predicted molar refractivity (Wildman–Crippen MR) is 208 cm³/mol. The third kappa shape index (κ3) is 7.64. The summed E-state index contributed by atoms with van der Waals surface area (Å²) in [5, 5.41) is 12.1. The molecule has 1 aliphatic carbocycles. The molecule has 19 heteroatoms. The normalized spacial score (nSPS) is 14.4. The number of halogens is 3. The maximum Gasteiger partial charge on any atom is 0.266 e. The summed E-state index contributed by atoms with van der Waals surface area (Å²) in [4.78, 5) is 33.6. The van der Waals surface area contributed by atoms with Gasteiger partial charge in [0.25, 0.3) is 5.56 Å². The quantitative estimate of drug-likeness (QED) is 0.171. The number of carbonyl (C=O) groups is 1. The van der Waals surface area contributed by atoms with Crippen LogP contribution in [0, 0.1) is 11.6 Å². The fraction of sp³-hybridized carbons (Fsp3) is 0.324. The van der Waals surface area contributed by atoms with Crippen molar-refractivity contribution in [2.24, 2.45) is 7.05 Å². The van der Waals surface area contributed by atoms with Crippen LogP contribution in [0.3, 0.4) is 0 Å². The van der Waals surface area contributed by atoms with E-state index in [9.17, 15) is 35.2 Å². The first-order valence-corrected chi connectivity index (χ1v) is 21.5. The molecule has 14 nitrogen and oxygen atoms in total. The molecule has 0 spiro atoms. The number of benzene rings is 3. The van der Waals surface area contributed by atoms with Crippen molar-refractivity contribution in [1.29, 1.82) is 0 Å². The van der Waals surface area contributed by atoms with Gasteiger partial charge < -0.3 is 5.32 Å². The predicted octanol–water partition coefficient (Wildman–Crippen LogP) is 5.03. The Morgan fingerprint density at radius 2 is 1.70 bits per heavy atom. The van der Waals surface area contributed by atoms with Crippen LogP contribution in [0.15, 0.2) is 65.6 Å². The second-order valence-electron chi connectivity index (χ2n) is 14.6. The first-order chi connectivity index (χ1) is 26.2. The molecule has 3 heterocycles. The average molecular weight is 827 g/mol. The van der Waals surface area contributed by atoms with Gasteiger partial charge in [-0.25, -0.2) is 30.6 Å².